The van der Waals surface area contributed by atoms with E-state index in [-0.39, 0.29) is 45.9 Å². The Kier molecular flexibility index (Phi) is 18.1. The summed E-state index contributed by atoms with van der Waals surface area (Å²) in [6.07, 6.45) is 8.19. The van der Waals surface area contributed by atoms with E-state index in [0.717, 1.165) is 100 Å². The minimum Gasteiger partial charge on any atom is -0.482 e. The Bertz CT molecular complexity index is 2080. The SMILES string of the molecule is O=[N+]([O-])c1cc(CCN(CCCCCCCCN(CCc2ccc(OCc3ccccc3)c([N+](=O)[O-])c2)Cc2ccccc2)Cc2ccccc2)ccc1OCc1ccccc1. The number of benzene rings is 6. The third kappa shape index (κ3) is 15.3. The number of nitro groups is 2. The molecule has 322 valence electrons. The first-order valence-corrected chi connectivity index (χ1v) is 21.8. The monoisotopic (exact) mass is 834 g/mol. The molecule has 0 heterocycles. The van der Waals surface area contributed by atoms with Crippen molar-refractivity contribution in [1.82, 2.24) is 9.80 Å². The Morgan fingerprint density at radius 2 is 0.726 bits per heavy atom. The van der Waals surface area contributed by atoms with Crippen molar-refractivity contribution in [3.8, 4) is 11.5 Å². The molecule has 62 heavy (non-hydrogen) atoms. The van der Waals surface area contributed by atoms with Gasteiger partial charge in [0, 0.05) is 38.3 Å². The van der Waals surface area contributed by atoms with Gasteiger partial charge in [-0.25, -0.2) is 0 Å². The van der Waals surface area contributed by atoms with Crippen LogP contribution < -0.4 is 9.47 Å². The lowest BCUT2D eigenvalue weighted by atomic mass is 10.1. The first-order valence-electron chi connectivity index (χ1n) is 21.8. The number of ether oxygens (including phenoxy) is 2. The van der Waals surface area contributed by atoms with Crippen LogP contribution in [0.5, 0.6) is 11.5 Å². The van der Waals surface area contributed by atoms with Crippen LogP contribution >= 0.6 is 0 Å². The fraction of sp³-hybridized carbons (Fsp3) is 0.308. The highest BCUT2D eigenvalue weighted by atomic mass is 16.6. The van der Waals surface area contributed by atoms with E-state index in [1.165, 1.54) is 11.1 Å². The summed E-state index contributed by atoms with van der Waals surface area (Å²) in [6, 6.07) is 51.0. The van der Waals surface area contributed by atoms with Gasteiger partial charge in [0.25, 0.3) is 0 Å². The van der Waals surface area contributed by atoms with Crippen molar-refractivity contribution in [2.45, 2.75) is 77.7 Å². The topological polar surface area (TPSA) is 111 Å². The number of rotatable bonds is 27. The molecule has 0 amide bonds. The lowest BCUT2D eigenvalue weighted by Crippen LogP contribution is -2.27. The summed E-state index contributed by atoms with van der Waals surface area (Å²) in [5.41, 5.74) is 6.27. The van der Waals surface area contributed by atoms with Gasteiger partial charge in [0.05, 0.1) is 9.85 Å². The molecule has 6 aromatic carbocycles. The number of nitrogens with zero attached hydrogens (tertiary/aromatic N) is 4. The second kappa shape index (κ2) is 24.8. The Balaban J connectivity index is 0.954. The Morgan fingerprint density at radius 3 is 1.08 bits per heavy atom. The average Bonchev–Trinajstić information content (AvgIpc) is 3.30. The molecule has 0 aliphatic heterocycles. The van der Waals surface area contributed by atoms with Crippen molar-refractivity contribution in [2.24, 2.45) is 0 Å². The van der Waals surface area contributed by atoms with Gasteiger partial charge in [-0.2, -0.15) is 0 Å². The molecular formula is C52H58N4O6. The summed E-state index contributed by atoms with van der Waals surface area (Å²) < 4.78 is 11.7. The molecule has 10 heteroatoms. The second-order valence-electron chi connectivity index (χ2n) is 15.8. The molecule has 0 unspecified atom stereocenters. The van der Waals surface area contributed by atoms with Crippen LogP contribution in [0.1, 0.15) is 71.9 Å². The molecule has 0 spiro atoms. The number of hydrogen-bond donors (Lipinski definition) is 0. The highest BCUT2D eigenvalue weighted by molar-refractivity contribution is 5.50. The lowest BCUT2D eigenvalue weighted by Gasteiger charge is -2.23. The lowest BCUT2D eigenvalue weighted by molar-refractivity contribution is -0.386. The zero-order valence-electron chi connectivity index (χ0n) is 35.6. The maximum Gasteiger partial charge on any atom is 0.311 e. The van der Waals surface area contributed by atoms with Crippen molar-refractivity contribution in [2.75, 3.05) is 26.2 Å². The van der Waals surface area contributed by atoms with Gasteiger partial charge in [-0.15, -0.1) is 0 Å². The van der Waals surface area contributed by atoms with Crippen LogP contribution in [-0.2, 0) is 39.1 Å². The van der Waals surface area contributed by atoms with Gasteiger partial charge in [-0.3, -0.25) is 30.0 Å². The molecule has 0 aliphatic carbocycles. The van der Waals surface area contributed by atoms with Gasteiger partial charge in [-0.05, 0) is 84.3 Å². The normalized spacial score (nSPS) is 11.2. The van der Waals surface area contributed by atoms with Gasteiger partial charge >= 0.3 is 11.4 Å². The van der Waals surface area contributed by atoms with E-state index >= 15 is 0 Å². The fourth-order valence-corrected chi connectivity index (χ4v) is 7.61. The van der Waals surface area contributed by atoms with E-state index in [9.17, 15) is 20.2 Å². The van der Waals surface area contributed by atoms with Crippen molar-refractivity contribution >= 4 is 11.4 Å². The molecule has 0 atom stereocenters. The summed E-state index contributed by atoms with van der Waals surface area (Å²) in [5, 5.41) is 24.0. The predicted octanol–water partition coefficient (Wildman–Crippen LogP) is 11.8. The van der Waals surface area contributed by atoms with Gasteiger partial charge in [-0.1, -0.05) is 159 Å². The second-order valence-corrected chi connectivity index (χ2v) is 15.8. The molecule has 10 nitrogen and oxygen atoms in total. The largest absolute Gasteiger partial charge is 0.482 e. The van der Waals surface area contributed by atoms with Crippen molar-refractivity contribution in [1.29, 1.82) is 0 Å². The van der Waals surface area contributed by atoms with E-state index in [1.807, 2.05) is 84.9 Å². The third-order valence-electron chi connectivity index (χ3n) is 11.0. The molecule has 6 rings (SSSR count). The predicted molar refractivity (Wildman–Crippen MR) is 246 cm³/mol. The van der Waals surface area contributed by atoms with Crippen LogP contribution in [0.2, 0.25) is 0 Å². The maximum atomic E-state index is 12.0. The molecule has 0 radical (unpaired) electrons. The molecule has 0 aromatic heterocycles. The van der Waals surface area contributed by atoms with Gasteiger partial charge in [0.15, 0.2) is 11.5 Å². The zero-order chi connectivity index (χ0) is 43.2. The summed E-state index contributed by atoms with van der Waals surface area (Å²) in [7, 11) is 0. The molecule has 0 N–H and O–H groups in total. The summed E-state index contributed by atoms with van der Waals surface area (Å²) >= 11 is 0. The minimum atomic E-state index is -0.355. The van der Waals surface area contributed by atoms with Gasteiger partial charge in [0.1, 0.15) is 13.2 Å². The average molecular weight is 835 g/mol. The molecule has 6 aromatic rings. The van der Waals surface area contributed by atoms with Crippen LogP contribution in [0.4, 0.5) is 11.4 Å². The fourth-order valence-electron chi connectivity index (χ4n) is 7.61. The smallest absolute Gasteiger partial charge is 0.311 e. The Morgan fingerprint density at radius 1 is 0.387 bits per heavy atom. The molecular weight excluding hydrogens is 777 g/mol. The van der Waals surface area contributed by atoms with E-state index in [2.05, 4.69) is 58.3 Å². The minimum absolute atomic E-state index is 0.00180. The number of nitro benzene ring substituents is 2. The van der Waals surface area contributed by atoms with Crippen molar-refractivity contribution in [3.05, 3.63) is 211 Å². The van der Waals surface area contributed by atoms with Crippen LogP contribution in [0.25, 0.3) is 0 Å². The molecule has 0 aliphatic rings. The number of unbranched alkanes of at least 4 members (excludes halogenated alkanes) is 5. The first kappa shape index (κ1) is 45.2. The molecule has 0 fully saturated rings. The summed E-state index contributed by atoms with van der Waals surface area (Å²) in [4.78, 5) is 28.2. The van der Waals surface area contributed by atoms with Crippen molar-refractivity contribution in [3.63, 3.8) is 0 Å². The van der Waals surface area contributed by atoms with Crippen LogP contribution in [-0.4, -0.2) is 45.8 Å². The van der Waals surface area contributed by atoms with Crippen molar-refractivity contribution < 1.29 is 19.3 Å². The maximum absolute atomic E-state index is 12.0. The van der Waals surface area contributed by atoms with E-state index in [4.69, 9.17) is 9.47 Å². The number of hydrogen-bond acceptors (Lipinski definition) is 8. The van der Waals surface area contributed by atoms with Crippen LogP contribution in [0.3, 0.4) is 0 Å². The Labute approximate surface area is 366 Å². The van der Waals surface area contributed by atoms with E-state index < -0.39 is 0 Å². The van der Waals surface area contributed by atoms with Gasteiger partial charge in [0.2, 0.25) is 0 Å². The quantitative estimate of drug-likeness (QED) is 0.0286. The summed E-state index contributed by atoms with van der Waals surface area (Å²) in [5.74, 6) is 0.570. The van der Waals surface area contributed by atoms with Gasteiger partial charge < -0.3 is 9.47 Å². The standard InChI is InChI=1S/C52H58N4O6/c57-55(58)49-37-43(27-29-51(49)61-41-47-23-13-7-14-24-47)31-35-53(39-45-19-9-5-10-20-45)33-17-3-1-2-4-18-34-54(40-46-21-11-6-12-22-46)36-32-44-28-30-52(50(38-44)56(59)60)62-42-48-25-15-8-16-26-48/h5-16,19-30,37-38H,1-4,17-18,31-36,39-42H2. The third-order valence-corrected chi connectivity index (χ3v) is 11.0. The van der Waals surface area contributed by atoms with E-state index in [0.29, 0.717) is 12.8 Å². The van der Waals surface area contributed by atoms with Crippen LogP contribution in [0, 0.1) is 20.2 Å². The molecule has 0 saturated heterocycles. The highest BCUT2D eigenvalue weighted by Crippen LogP contribution is 2.30. The first-order chi connectivity index (χ1) is 30.4. The van der Waals surface area contributed by atoms with E-state index in [1.54, 1.807) is 24.3 Å². The Hall–Kier alpha value is -6.36. The molecule has 0 saturated carbocycles. The summed E-state index contributed by atoms with van der Waals surface area (Å²) in [6.45, 7) is 5.72. The molecule has 0 bridgehead atoms. The van der Waals surface area contributed by atoms with Crippen LogP contribution in [0.15, 0.2) is 158 Å². The zero-order valence-corrected chi connectivity index (χ0v) is 35.6. The highest BCUT2D eigenvalue weighted by Gasteiger charge is 2.19.